The molecule has 6 heteroatoms. The first-order valence-electron chi connectivity index (χ1n) is 10.5. The number of carbonyl (C=O) groups excluding carboxylic acids is 1. The molecule has 0 atom stereocenters. The average molecular weight is 405 g/mol. The average Bonchev–Trinajstić information content (AvgIpc) is 3.16. The van der Waals surface area contributed by atoms with E-state index in [9.17, 15) is 4.79 Å². The normalized spacial score (nSPS) is 14.4. The van der Waals surface area contributed by atoms with Crippen molar-refractivity contribution in [3.8, 4) is 17.0 Å². The van der Waals surface area contributed by atoms with Gasteiger partial charge in [0, 0.05) is 38.7 Å². The lowest BCUT2D eigenvalue weighted by Crippen LogP contribution is -2.35. The number of rotatable bonds is 6. The fourth-order valence-electron chi connectivity index (χ4n) is 3.84. The number of aromatic nitrogens is 2. The first-order valence-corrected chi connectivity index (χ1v) is 10.5. The minimum absolute atomic E-state index is 0.238. The number of aryl methyl sites for hydroxylation is 1. The summed E-state index contributed by atoms with van der Waals surface area (Å²) in [4.78, 5) is 16.9. The van der Waals surface area contributed by atoms with Crippen molar-refractivity contribution in [2.75, 3.05) is 38.2 Å². The number of ether oxygens (including phenoxy) is 1. The van der Waals surface area contributed by atoms with E-state index in [0.717, 1.165) is 61.8 Å². The third-order valence-electron chi connectivity index (χ3n) is 5.61. The monoisotopic (exact) mass is 404 g/mol. The molecule has 1 fully saturated rings. The van der Waals surface area contributed by atoms with E-state index in [2.05, 4.69) is 33.3 Å². The maximum atomic E-state index is 12.7. The van der Waals surface area contributed by atoms with Gasteiger partial charge in [-0.15, -0.1) is 0 Å². The van der Waals surface area contributed by atoms with E-state index in [0.29, 0.717) is 6.42 Å². The van der Waals surface area contributed by atoms with Crippen LogP contribution in [0.1, 0.15) is 18.4 Å². The van der Waals surface area contributed by atoms with Gasteiger partial charge >= 0.3 is 0 Å². The molecule has 0 aliphatic carbocycles. The quantitative estimate of drug-likeness (QED) is 0.680. The Morgan fingerprint density at radius 2 is 1.83 bits per heavy atom. The molecule has 2 heterocycles. The number of aromatic amines is 1. The van der Waals surface area contributed by atoms with E-state index in [1.807, 2.05) is 47.4 Å². The van der Waals surface area contributed by atoms with Crippen LogP contribution in [-0.2, 0) is 11.2 Å². The van der Waals surface area contributed by atoms with Gasteiger partial charge in [-0.2, -0.15) is 5.10 Å². The number of hydrogen-bond acceptors (Lipinski definition) is 4. The topological polar surface area (TPSA) is 61.5 Å². The van der Waals surface area contributed by atoms with Gasteiger partial charge in [-0.05, 0) is 48.2 Å². The summed E-state index contributed by atoms with van der Waals surface area (Å²) in [6.07, 6.45) is 2.31. The SMILES string of the molecule is COc1ccc(-c2cc(N3CCCN(C(=O)CCc4ccccc4)CC3)n[nH]2)cc1. The zero-order chi connectivity index (χ0) is 20.8. The van der Waals surface area contributed by atoms with Crippen LogP contribution in [0.3, 0.4) is 0 Å². The predicted molar refractivity (Wildman–Crippen MR) is 119 cm³/mol. The molecule has 0 bridgehead atoms. The molecule has 156 valence electrons. The van der Waals surface area contributed by atoms with Gasteiger partial charge in [-0.3, -0.25) is 9.89 Å². The lowest BCUT2D eigenvalue weighted by molar-refractivity contribution is -0.130. The molecule has 3 aromatic rings. The number of H-pyrrole nitrogens is 1. The van der Waals surface area contributed by atoms with Gasteiger partial charge in [0.15, 0.2) is 5.82 Å². The van der Waals surface area contributed by atoms with Gasteiger partial charge < -0.3 is 14.5 Å². The van der Waals surface area contributed by atoms with E-state index in [1.54, 1.807) is 7.11 Å². The fraction of sp³-hybridized carbons (Fsp3) is 0.333. The van der Waals surface area contributed by atoms with Gasteiger partial charge in [0.2, 0.25) is 5.91 Å². The van der Waals surface area contributed by atoms with E-state index in [4.69, 9.17) is 4.74 Å². The number of amides is 1. The highest BCUT2D eigenvalue weighted by atomic mass is 16.5. The molecular weight excluding hydrogens is 376 g/mol. The number of methoxy groups -OCH3 is 1. The second kappa shape index (κ2) is 9.48. The second-order valence-corrected chi connectivity index (χ2v) is 7.58. The summed E-state index contributed by atoms with van der Waals surface area (Å²) in [6, 6.07) is 20.2. The molecule has 0 spiro atoms. The number of nitrogens with zero attached hydrogens (tertiary/aromatic N) is 3. The highest BCUT2D eigenvalue weighted by Crippen LogP contribution is 2.24. The van der Waals surface area contributed by atoms with Gasteiger partial charge in [0.25, 0.3) is 0 Å². The Kier molecular flexibility index (Phi) is 6.32. The van der Waals surface area contributed by atoms with E-state index >= 15 is 0 Å². The molecule has 1 aromatic heterocycles. The van der Waals surface area contributed by atoms with Crippen LogP contribution in [0.5, 0.6) is 5.75 Å². The van der Waals surface area contributed by atoms with Crippen LogP contribution in [0, 0.1) is 0 Å². The highest BCUT2D eigenvalue weighted by molar-refractivity contribution is 5.76. The smallest absolute Gasteiger partial charge is 0.222 e. The van der Waals surface area contributed by atoms with Gasteiger partial charge in [-0.25, -0.2) is 0 Å². The third-order valence-corrected chi connectivity index (χ3v) is 5.61. The Bertz CT molecular complexity index is 953. The summed E-state index contributed by atoms with van der Waals surface area (Å²) < 4.78 is 5.22. The van der Waals surface area contributed by atoms with Crippen LogP contribution in [0.15, 0.2) is 60.7 Å². The Hall–Kier alpha value is -3.28. The zero-order valence-corrected chi connectivity index (χ0v) is 17.4. The van der Waals surface area contributed by atoms with E-state index < -0.39 is 0 Å². The predicted octanol–water partition coefficient (Wildman–Crippen LogP) is 3.76. The second-order valence-electron chi connectivity index (χ2n) is 7.58. The van der Waals surface area contributed by atoms with Crippen molar-refractivity contribution in [1.82, 2.24) is 15.1 Å². The van der Waals surface area contributed by atoms with Crippen LogP contribution in [0.2, 0.25) is 0 Å². The molecule has 0 saturated carbocycles. The van der Waals surface area contributed by atoms with Crippen molar-refractivity contribution in [2.24, 2.45) is 0 Å². The minimum atomic E-state index is 0.238. The molecular formula is C24H28N4O2. The number of benzene rings is 2. The molecule has 1 aliphatic heterocycles. The summed E-state index contributed by atoms with van der Waals surface area (Å²) in [5, 5.41) is 7.65. The fourth-order valence-corrected chi connectivity index (χ4v) is 3.84. The zero-order valence-electron chi connectivity index (χ0n) is 17.4. The van der Waals surface area contributed by atoms with Gasteiger partial charge in [0.05, 0.1) is 12.8 Å². The molecule has 0 unspecified atom stereocenters. The van der Waals surface area contributed by atoms with Crippen molar-refractivity contribution >= 4 is 11.7 Å². The molecule has 6 nitrogen and oxygen atoms in total. The lowest BCUT2D eigenvalue weighted by atomic mass is 10.1. The molecule has 1 amide bonds. The summed E-state index contributed by atoms with van der Waals surface area (Å²) in [5.41, 5.74) is 3.26. The van der Waals surface area contributed by atoms with Crippen LogP contribution < -0.4 is 9.64 Å². The molecule has 2 aromatic carbocycles. The van der Waals surface area contributed by atoms with Gasteiger partial charge in [0.1, 0.15) is 5.75 Å². The molecule has 0 radical (unpaired) electrons. The Labute approximate surface area is 177 Å². The highest BCUT2D eigenvalue weighted by Gasteiger charge is 2.20. The molecule has 4 rings (SSSR count). The van der Waals surface area contributed by atoms with E-state index in [-0.39, 0.29) is 5.91 Å². The van der Waals surface area contributed by atoms with Crippen molar-refractivity contribution in [3.63, 3.8) is 0 Å². The Morgan fingerprint density at radius 1 is 1.03 bits per heavy atom. The first-order chi connectivity index (χ1) is 14.7. The van der Waals surface area contributed by atoms with E-state index in [1.165, 1.54) is 5.56 Å². The van der Waals surface area contributed by atoms with Gasteiger partial charge in [-0.1, -0.05) is 30.3 Å². The Balaban J connectivity index is 1.33. The lowest BCUT2D eigenvalue weighted by Gasteiger charge is -2.22. The maximum absolute atomic E-state index is 12.7. The molecule has 1 N–H and O–H groups in total. The van der Waals surface area contributed by atoms with Crippen molar-refractivity contribution in [2.45, 2.75) is 19.3 Å². The number of carbonyl (C=O) groups is 1. The molecule has 30 heavy (non-hydrogen) atoms. The molecule has 1 saturated heterocycles. The van der Waals surface area contributed by atoms with Crippen LogP contribution in [0.4, 0.5) is 5.82 Å². The maximum Gasteiger partial charge on any atom is 0.222 e. The summed E-state index contributed by atoms with van der Waals surface area (Å²) in [5.74, 6) is 2.00. The standard InChI is InChI=1S/C24H28N4O2/c1-30-21-11-9-20(10-12-21)22-18-23(26-25-22)27-14-5-15-28(17-16-27)24(29)13-8-19-6-3-2-4-7-19/h2-4,6-7,9-12,18H,5,8,13-17H2,1H3,(H,25,26). The first kappa shape index (κ1) is 20.0. The summed E-state index contributed by atoms with van der Waals surface area (Å²) in [6.45, 7) is 3.23. The number of anilines is 1. The molecule has 1 aliphatic rings. The number of nitrogens with one attached hydrogen (secondary N) is 1. The summed E-state index contributed by atoms with van der Waals surface area (Å²) in [7, 11) is 1.67. The van der Waals surface area contributed by atoms with Crippen molar-refractivity contribution in [1.29, 1.82) is 0 Å². The largest absolute Gasteiger partial charge is 0.497 e. The van der Waals surface area contributed by atoms with Crippen molar-refractivity contribution in [3.05, 3.63) is 66.2 Å². The Morgan fingerprint density at radius 3 is 2.60 bits per heavy atom. The summed E-state index contributed by atoms with van der Waals surface area (Å²) >= 11 is 0. The third kappa shape index (κ3) is 4.82. The van der Waals surface area contributed by atoms with Crippen LogP contribution in [-0.4, -0.2) is 54.3 Å². The van der Waals surface area contributed by atoms with Crippen LogP contribution in [0.25, 0.3) is 11.3 Å². The van der Waals surface area contributed by atoms with Crippen molar-refractivity contribution < 1.29 is 9.53 Å². The number of hydrogen-bond donors (Lipinski definition) is 1. The van der Waals surface area contributed by atoms with Crippen LogP contribution >= 0.6 is 0 Å². The minimum Gasteiger partial charge on any atom is -0.497 e.